The van der Waals surface area contributed by atoms with Gasteiger partial charge < -0.3 is 14.8 Å². The molecule has 3 aromatic rings. The van der Waals surface area contributed by atoms with Crippen molar-refractivity contribution in [1.82, 2.24) is 10.3 Å². The monoisotopic (exact) mass is 390 g/mol. The molecule has 0 aliphatic heterocycles. The van der Waals surface area contributed by atoms with Crippen molar-refractivity contribution in [3.8, 4) is 11.5 Å². The van der Waals surface area contributed by atoms with Crippen LogP contribution in [0, 0.1) is 0 Å². The molecule has 0 unspecified atom stereocenters. The van der Waals surface area contributed by atoms with Gasteiger partial charge in [-0.25, -0.2) is 0 Å². The van der Waals surface area contributed by atoms with Crippen molar-refractivity contribution in [2.75, 3.05) is 6.61 Å². The third-order valence-corrected chi connectivity index (χ3v) is 4.42. The summed E-state index contributed by atoms with van der Waals surface area (Å²) in [4.78, 5) is 16.4. The number of benzene rings is 2. The standard InChI is InChI=1S/C24H26N2O3/c1-2-28-23-9-4-3-7-20(23)12-15-24(27)26-17-19-10-13-22(14-11-19)29-18-21-8-5-6-16-25-21/h3-11,13-14,16H,2,12,15,17-18H2,1H3,(H,26,27). The zero-order valence-electron chi connectivity index (χ0n) is 16.6. The number of pyridine rings is 1. The highest BCUT2D eigenvalue weighted by Gasteiger charge is 2.07. The van der Waals surface area contributed by atoms with Gasteiger partial charge in [-0.1, -0.05) is 36.4 Å². The van der Waals surface area contributed by atoms with E-state index in [-0.39, 0.29) is 5.91 Å². The van der Waals surface area contributed by atoms with Gasteiger partial charge in [-0.05, 0) is 54.8 Å². The van der Waals surface area contributed by atoms with Gasteiger partial charge in [0.25, 0.3) is 0 Å². The summed E-state index contributed by atoms with van der Waals surface area (Å²) < 4.78 is 11.3. The molecule has 2 aromatic carbocycles. The number of hydrogen-bond donors (Lipinski definition) is 1. The van der Waals surface area contributed by atoms with Crippen molar-refractivity contribution in [1.29, 1.82) is 0 Å². The molecule has 1 heterocycles. The Hall–Kier alpha value is -3.34. The second-order valence-electron chi connectivity index (χ2n) is 6.57. The molecule has 1 N–H and O–H groups in total. The van der Waals surface area contributed by atoms with Crippen LogP contribution in [0.15, 0.2) is 72.9 Å². The third-order valence-electron chi connectivity index (χ3n) is 4.42. The summed E-state index contributed by atoms with van der Waals surface area (Å²) in [6.45, 7) is 3.50. The van der Waals surface area contributed by atoms with Crippen LogP contribution < -0.4 is 14.8 Å². The van der Waals surface area contributed by atoms with E-state index in [9.17, 15) is 4.79 Å². The van der Waals surface area contributed by atoms with Crippen LogP contribution in [0.3, 0.4) is 0 Å². The number of nitrogens with zero attached hydrogens (tertiary/aromatic N) is 1. The summed E-state index contributed by atoms with van der Waals surface area (Å²) in [6.07, 6.45) is 2.83. The van der Waals surface area contributed by atoms with Crippen molar-refractivity contribution in [3.05, 3.63) is 89.7 Å². The highest BCUT2D eigenvalue weighted by molar-refractivity contribution is 5.76. The fourth-order valence-electron chi connectivity index (χ4n) is 2.89. The molecule has 0 radical (unpaired) electrons. The number of rotatable bonds is 10. The van der Waals surface area contributed by atoms with E-state index in [4.69, 9.17) is 9.47 Å². The van der Waals surface area contributed by atoms with Crippen molar-refractivity contribution in [2.24, 2.45) is 0 Å². The first-order valence-electron chi connectivity index (χ1n) is 9.83. The number of amides is 1. The number of carbonyl (C=O) groups is 1. The molecule has 0 aliphatic rings. The predicted molar refractivity (Wildman–Crippen MR) is 113 cm³/mol. The number of aryl methyl sites for hydroxylation is 1. The fourth-order valence-corrected chi connectivity index (χ4v) is 2.89. The third kappa shape index (κ3) is 6.64. The first-order chi connectivity index (χ1) is 14.2. The summed E-state index contributed by atoms with van der Waals surface area (Å²) in [5.74, 6) is 1.65. The highest BCUT2D eigenvalue weighted by atomic mass is 16.5. The zero-order chi connectivity index (χ0) is 20.3. The van der Waals surface area contributed by atoms with Gasteiger partial charge in [-0.3, -0.25) is 9.78 Å². The number of aromatic nitrogens is 1. The molecule has 5 heteroatoms. The second-order valence-corrected chi connectivity index (χ2v) is 6.57. The lowest BCUT2D eigenvalue weighted by molar-refractivity contribution is -0.121. The average molecular weight is 390 g/mol. The van der Waals surface area contributed by atoms with Gasteiger partial charge >= 0.3 is 0 Å². The topological polar surface area (TPSA) is 60.5 Å². The zero-order valence-corrected chi connectivity index (χ0v) is 16.6. The van der Waals surface area contributed by atoms with E-state index < -0.39 is 0 Å². The van der Waals surface area contributed by atoms with Gasteiger partial charge in [0.15, 0.2) is 0 Å². The van der Waals surface area contributed by atoms with Gasteiger partial charge in [0.2, 0.25) is 5.91 Å². The number of ether oxygens (including phenoxy) is 2. The number of carbonyl (C=O) groups excluding carboxylic acids is 1. The normalized spacial score (nSPS) is 10.4. The molecule has 0 aliphatic carbocycles. The first kappa shape index (κ1) is 20.4. The minimum Gasteiger partial charge on any atom is -0.494 e. The van der Waals surface area contributed by atoms with Crippen LogP contribution in [0.5, 0.6) is 11.5 Å². The molecule has 3 rings (SSSR count). The van der Waals surface area contributed by atoms with Crippen LogP contribution in [-0.4, -0.2) is 17.5 Å². The van der Waals surface area contributed by atoms with Crippen LogP contribution in [0.1, 0.15) is 30.2 Å². The SMILES string of the molecule is CCOc1ccccc1CCC(=O)NCc1ccc(OCc2ccccn2)cc1. The van der Waals surface area contributed by atoms with E-state index in [0.29, 0.717) is 32.6 Å². The molecule has 0 saturated heterocycles. The minimum atomic E-state index is 0.0202. The van der Waals surface area contributed by atoms with Crippen molar-refractivity contribution in [3.63, 3.8) is 0 Å². The lowest BCUT2D eigenvalue weighted by Gasteiger charge is -2.10. The maximum Gasteiger partial charge on any atom is 0.220 e. The Kier molecular flexibility index (Phi) is 7.63. The molecule has 0 saturated carbocycles. The average Bonchev–Trinajstić information content (AvgIpc) is 2.77. The molecular formula is C24H26N2O3. The number of hydrogen-bond acceptors (Lipinski definition) is 4. The van der Waals surface area contributed by atoms with Crippen LogP contribution >= 0.6 is 0 Å². The Morgan fingerprint density at radius 2 is 1.76 bits per heavy atom. The smallest absolute Gasteiger partial charge is 0.220 e. The summed E-state index contributed by atoms with van der Waals surface area (Å²) in [5, 5.41) is 2.97. The molecule has 0 fully saturated rings. The molecule has 0 spiro atoms. The molecule has 1 aromatic heterocycles. The Morgan fingerprint density at radius 1 is 0.966 bits per heavy atom. The second kappa shape index (κ2) is 10.9. The van der Waals surface area contributed by atoms with Crippen molar-refractivity contribution < 1.29 is 14.3 Å². The maximum absolute atomic E-state index is 12.2. The lowest BCUT2D eigenvalue weighted by Crippen LogP contribution is -2.23. The van der Waals surface area contributed by atoms with E-state index in [2.05, 4.69) is 10.3 Å². The quantitative estimate of drug-likeness (QED) is 0.560. The van der Waals surface area contributed by atoms with E-state index in [1.807, 2.05) is 73.7 Å². The van der Waals surface area contributed by atoms with E-state index in [1.54, 1.807) is 6.20 Å². The van der Waals surface area contributed by atoms with Crippen molar-refractivity contribution in [2.45, 2.75) is 32.9 Å². The summed E-state index contributed by atoms with van der Waals surface area (Å²) in [5.41, 5.74) is 2.96. The first-order valence-corrected chi connectivity index (χ1v) is 9.83. The minimum absolute atomic E-state index is 0.0202. The largest absolute Gasteiger partial charge is 0.494 e. The summed E-state index contributed by atoms with van der Waals surface area (Å²) in [7, 11) is 0. The maximum atomic E-state index is 12.2. The Bertz CT molecular complexity index is 896. The van der Waals surface area contributed by atoms with E-state index in [1.165, 1.54) is 0 Å². The van der Waals surface area contributed by atoms with Gasteiger partial charge in [0, 0.05) is 19.2 Å². The van der Waals surface area contributed by atoms with Crippen LogP contribution in [-0.2, 0) is 24.4 Å². The predicted octanol–water partition coefficient (Wildman–Crippen LogP) is 4.31. The van der Waals surface area contributed by atoms with Crippen LogP contribution in [0.2, 0.25) is 0 Å². The highest BCUT2D eigenvalue weighted by Crippen LogP contribution is 2.19. The Balaban J connectivity index is 1.42. The molecule has 5 nitrogen and oxygen atoms in total. The number of para-hydroxylation sites is 1. The Labute approximate surface area is 171 Å². The molecular weight excluding hydrogens is 364 g/mol. The molecule has 1 amide bonds. The summed E-state index contributed by atoms with van der Waals surface area (Å²) >= 11 is 0. The van der Waals surface area contributed by atoms with Gasteiger partial charge in [0.05, 0.1) is 12.3 Å². The van der Waals surface area contributed by atoms with Crippen LogP contribution in [0.25, 0.3) is 0 Å². The fraction of sp³-hybridized carbons (Fsp3) is 0.250. The van der Waals surface area contributed by atoms with E-state index in [0.717, 1.165) is 28.3 Å². The van der Waals surface area contributed by atoms with Crippen molar-refractivity contribution >= 4 is 5.91 Å². The molecule has 0 bridgehead atoms. The lowest BCUT2D eigenvalue weighted by atomic mass is 10.1. The molecule has 0 atom stereocenters. The molecule has 150 valence electrons. The number of nitrogens with one attached hydrogen (secondary N) is 1. The molecule has 29 heavy (non-hydrogen) atoms. The van der Waals surface area contributed by atoms with Crippen LogP contribution in [0.4, 0.5) is 0 Å². The van der Waals surface area contributed by atoms with Gasteiger partial charge in [-0.2, -0.15) is 0 Å². The summed E-state index contributed by atoms with van der Waals surface area (Å²) in [6, 6.07) is 21.3. The van der Waals surface area contributed by atoms with Gasteiger partial charge in [-0.15, -0.1) is 0 Å². The van der Waals surface area contributed by atoms with E-state index >= 15 is 0 Å². The van der Waals surface area contributed by atoms with Gasteiger partial charge in [0.1, 0.15) is 18.1 Å². The Morgan fingerprint density at radius 3 is 2.52 bits per heavy atom.